The average molecular weight is 1740 g/mol. The molecular formula is C55H31F51O5. The third-order valence-corrected chi connectivity index (χ3v) is 15.5. The zero-order valence-corrected chi connectivity index (χ0v) is 51.7. The molecule has 0 amide bonds. The molecule has 0 radical (unpaired) electrons. The molecule has 0 atom stereocenters. The molecule has 0 N–H and O–H groups in total. The minimum absolute atomic E-state index is 0.0196. The fraction of sp³-hybridized carbons (Fsp3) is 0.618. The lowest BCUT2D eigenvalue weighted by atomic mass is 9.88. The maximum absolute atomic E-state index is 15.1. The predicted octanol–water partition coefficient (Wildman–Crippen LogP) is 23.6. The van der Waals surface area contributed by atoms with Gasteiger partial charge >= 0.3 is 149 Å². The van der Waals surface area contributed by atoms with Crippen LogP contribution >= 0.6 is 0 Å². The first-order valence-corrected chi connectivity index (χ1v) is 28.1. The van der Waals surface area contributed by atoms with Gasteiger partial charge in [0, 0.05) is 30.4 Å². The zero-order chi connectivity index (χ0) is 87.5. The highest BCUT2D eigenvalue weighted by Crippen LogP contribution is 2.69. The van der Waals surface area contributed by atoms with Crippen LogP contribution in [0.1, 0.15) is 77.2 Å². The van der Waals surface area contributed by atoms with E-state index in [9.17, 15) is 202 Å². The highest BCUT2D eigenvalue weighted by Gasteiger charge is 2.98. The molecule has 0 unspecified atom stereocenters. The van der Waals surface area contributed by atoms with Gasteiger partial charge in [0.2, 0.25) is 5.75 Å². The smallest absolute Gasteiger partial charge is 0.460 e. The summed E-state index contributed by atoms with van der Waals surface area (Å²) in [5.74, 6) is -193. The molecule has 3 aromatic rings. The number of alkyl halides is 51. The molecule has 0 fully saturated rings. The first-order chi connectivity index (χ1) is 48.8. The van der Waals surface area contributed by atoms with Gasteiger partial charge in [-0.1, -0.05) is 60.7 Å². The Labute approximate surface area is 578 Å². The molecule has 0 aromatic heterocycles. The number of rotatable bonds is 35. The molecule has 3 aromatic carbocycles. The molecule has 4 rings (SSSR count). The van der Waals surface area contributed by atoms with Crippen molar-refractivity contribution >= 4 is 18.1 Å². The van der Waals surface area contributed by atoms with E-state index >= 15 is 26.3 Å². The Morgan fingerprint density at radius 2 is 0.477 bits per heavy atom. The summed E-state index contributed by atoms with van der Waals surface area (Å²) in [7, 11) is 0. The van der Waals surface area contributed by atoms with Gasteiger partial charge in [-0.15, -0.1) is 0 Å². The fourth-order valence-corrected chi connectivity index (χ4v) is 8.98. The first-order valence-electron chi connectivity index (χ1n) is 28.1. The maximum Gasteiger partial charge on any atom is 0.460 e. The summed E-state index contributed by atoms with van der Waals surface area (Å²) in [5.41, 5.74) is -1.98. The molecule has 0 spiro atoms. The van der Waals surface area contributed by atoms with Crippen LogP contribution in [0, 0.1) is 0 Å². The van der Waals surface area contributed by atoms with Gasteiger partial charge in [-0.3, -0.25) is 0 Å². The van der Waals surface area contributed by atoms with Crippen LogP contribution < -0.4 is 14.2 Å². The van der Waals surface area contributed by atoms with Gasteiger partial charge in [0.25, 0.3) is 0 Å². The molecule has 0 saturated carbocycles. The van der Waals surface area contributed by atoms with E-state index in [1.54, 1.807) is 0 Å². The SMILES string of the molecule is O=C(OC1c2ccccc2C=Cc2ccccc21)c1cc(OCCCC(F)(F)C(F)(F)C(F)(F)C(F)(F)C(F)(F)C(F)(F)C(F)(F)C(F)(F)F)c(OCCCC(F)(F)C(F)(F)C(F)(F)C(F)(F)C(F)(F)C(F)(F)C(F)(F)C(F)(F)F)c(OCCCC(F)(F)C(F)(F)C(F)(F)C(F)(F)C(F)(F)C(F)(F)C(F)(F)C(F)(F)F)c1. The summed E-state index contributed by atoms with van der Waals surface area (Å²) in [6, 6.07) is 8.88. The monoisotopic (exact) mass is 1740 g/mol. The lowest BCUT2D eigenvalue weighted by Gasteiger charge is -2.42. The van der Waals surface area contributed by atoms with E-state index in [0.717, 1.165) is 24.3 Å². The maximum atomic E-state index is 15.1. The fourth-order valence-electron chi connectivity index (χ4n) is 8.98. The van der Waals surface area contributed by atoms with Crippen molar-refractivity contribution in [3.8, 4) is 17.2 Å². The molecule has 0 aliphatic heterocycles. The van der Waals surface area contributed by atoms with Crippen molar-refractivity contribution in [1.29, 1.82) is 0 Å². The Kier molecular flexibility index (Phi) is 25.0. The highest BCUT2D eigenvalue weighted by atomic mass is 19.5. The van der Waals surface area contributed by atoms with Crippen LogP contribution in [0.15, 0.2) is 60.7 Å². The summed E-state index contributed by atoms with van der Waals surface area (Å²) in [4.78, 5) is 14.2. The van der Waals surface area contributed by atoms with Crippen LogP contribution in [0.4, 0.5) is 224 Å². The second-order valence-corrected chi connectivity index (χ2v) is 23.0. The lowest BCUT2D eigenvalue weighted by Crippen LogP contribution is -2.74. The Hall–Kier alpha value is -7.30. The Morgan fingerprint density at radius 3 is 0.712 bits per heavy atom. The number of fused-ring (bicyclic) bond motifs is 2. The van der Waals surface area contributed by atoms with Gasteiger partial charge < -0.3 is 18.9 Å². The minimum atomic E-state index is -9.28. The zero-order valence-electron chi connectivity index (χ0n) is 51.7. The number of carbonyl (C=O) groups is 1. The number of halogens is 51. The predicted molar refractivity (Wildman–Crippen MR) is 262 cm³/mol. The number of esters is 1. The van der Waals surface area contributed by atoms with E-state index in [1.807, 2.05) is 0 Å². The van der Waals surface area contributed by atoms with Gasteiger partial charge in [-0.05, 0) is 42.5 Å². The van der Waals surface area contributed by atoms with E-state index in [1.165, 1.54) is 36.4 Å². The molecular weight excluding hydrogens is 1710 g/mol. The topological polar surface area (TPSA) is 54.0 Å². The number of hydrogen-bond donors (Lipinski definition) is 0. The molecule has 638 valence electrons. The van der Waals surface area contributed by atoms with Gasteiger partial charge in [-0.2, -0.15) is 224 Å². The number of hydrogen-bond acceptors (Lipinski definition) is 5. The third-order valence-electron chi connectivity index (χ3n) is 15.5. The molecule has 0 bridgehead atoms. The quantitative estimate of drug-likeness (QED) is 0.0334. The van der Waals surface area contributed by atoms with Crippen LogP contribution in [0.25, 0.3) is 12.2 Å². The molecule has 56 heteroatoms. The highest BCUT2D eigenvalue weighted by molar-refractivity contribution is 5.92. The van der Waals surface area contributed by atoms with E-state index in [0.29, 0.717) is 0 Å². The summed E-state index contributed by atoms with van der Waals surface area (Å²) in [6.07, 6.45) is -42.8. The Morgan fingerprint density at radius 1 is 0.270 bits per heavy atom. The van der Waals surface area contributed by atoms with E-state index in [4.69, 9.17) is 4.74 Å². The Balaban J connectivity index is 1.96. The number of ether oxygens (including phenoxy) is 4. The summed E-state index contributed by atoms with van der Waals surface area (Å²) >= 11 is 0. The van der Waals surface area contributed by atoms with E-state index in [2.05, 4.69) is 14.2 Å². The molecule has 1 aliphatic carbocycles. The van der Waals surface area contributed by atoms with Gasteiger partial charge in [0.05, 0.1) is 25.4 Å². The van der Waals surface area contributed by atoms with Crippen LogP contribution in [0.2, 0.25) is 0 Å². The summed E-state index contributed by atoms with van der Waals surface area (Å²) in [5, 5.41) is 0. The third kappa shape index (κ3) is 14.9. The molecule has 0 saturated heterocycles. The van der Waals surface area contributed by atoms with Crippen molar-refractivity contribution in [2.24, 2.45) is 0 Å². The van der Waals surface area contributed by atoms with Gasteiger partial charge in [0.15, 0.2) is 17.6 Å². The number of carbonyl (C=O) groups excluding carboxylic acids is 1. The van der Waals surface area contributed by atoms with E-state index in [-0.39, 0.29) is 34.4 Å². The van der Waals surface area contributed by atoms with Crippen LogP contribution in [0.3, 0.4) is 0 Å². The molecule has 111 heavy (non-hydrogen) atoms. The number of benzene rings is 3. The van der Waals surface area contributed by atoms with Crippen molar-refractivity contribution < 1.29 is 248 Å². The largest absolute Gasteiger partial charge is 0.490 e. The van der Waals surface area contributed by atoms with Gasteiger partial charge in [0.1, 0.15) is 0 Å². The molecule has 0 heterocycles. The van der Waals surface area contributed by atoms with Crippen LogP contribution in [0.5, 0.6) is 17.2 Å². The van der Waals surface area contributed by atoms with Crippen LogP contribution in [-0.2, 0) is 4.74 Å². The van der Waals surface area contributed by atoms with Crippen molar-refractivity contribution in [3.63, 3.8) is 0 Å². The second kappa shape index (κ2) is 28.9. The normalized spacial score (nSPS) is 16.0. The van der Waals surface area contributed by atoms with Gasteiger partial charge in [-0.25, -0.2) is 4.79 Å². The van der Waals surface area contributed by atoms with Crippen molar-refractivity contribution in [2.75, 3.05) is 19.8 Å². The van der Waals surface area contributed by atoms with Crippen molar-refractivity contribution in [3.05, 3.63) is 88.5 Å². The van der Waals surface area contributed by atoms with Crippen LogP contribution in [-0.4, -0.2) is 169 Å². The summed E-state index contributed by atoms with van der Waals surface area (Å²) < 4.78 is 734. The second-order valence-electron chi connectivity index (χ2n) is 23.0. The lowest BCUT2D eigenvalue weighted by molar-refractivity contribution is -0.461. The minimum Gasteiger partial charge on any atom is -0.490 e. The average Bonchev–Trinajstić information content (AvgIpc) is 1.16. The van der Waals surface area contributed by atoms with Crippen molar-refractivity contribution in [2.45, 2.75) is 188 Å². The standard InChI is InChI=1S/C55H31F51O5/c56-32(57,35(62,63)38(68,69)41(74,75)44(80,81)47(86,87)50(92,93)53(98,99)100)14-5-17-108-27-20-24(31(107)111-29-25-10-3-1-8-22(25)12-13-23-9-2-4-11-26(23)29)21-28(109-18-6-15-33(58,59)36(64,65)39(70,71)42(76,77)45(82,83)48(88,89)51(94,95)54(101,102)103)30(27)110-19-7-16-34(60,61)37(66,67)40(72,73)43(78,79)46(84,85)49(90,91)52(96,97)55(104,105)106/h1-4,8-13,20-21,29H,5-7,14-19H2. The van der Waals surface area contributed by atoms with Crippen molar-refractivity contribution in [1.82, 2.24) is 0 Å². The molecule has 5 nitrogen and oxygen atoms in total. The first kappa shape index (κ1) is 96.1. The Bertz CT molecular complexity index is 3620. The summed E-state index contributed by atoms with van der Waals surface area (Å²) in [6.45, 7) is -7.38. The molecule has 1 aliphatic rings. The van der Waals surface area contributed by atoms with E-state index < -0.39 is 236 Å².